The number of aryl methyl sites for hydroxylation is 1. The third-order valence-corrected chi connectivity index (χ3v) is 5.05. The Morgan fingerprint density at radius 1 is 1.30 bits per heavy atom. The maximum Gasteiger partial charge on any atom is 0.257 e. The van der Waals surface area contributed by atoms with E-state index in [1.165, 1.54) is 6.20 Å². The molecular formula is C20H22N8O2. The lowest BCUT2D eigenvalue weighted by Gasteiger charge is -2.16. The first-order valence-electron chi connectivity index (χ1n) is 9.70. The number of benzene rings is 1. The number of nitrogens with one attached hydrogen (secondary N) is 3. The largest absolute Gasteiger partial charge is 0.375 e. The van der Waals surface area contributed by atoms with Crippen LogP contribution in [-0.4, -0.2) is 50.0 Å². The van der Waals surface area contributed by atoms with E-state index in [0.29, 0.717) is 36.1 Å². The van der Waals surface area contributed by atoms with Gasteiger partial charge in [-0.25, -0.2) is 4.98 Å². The summed E-state index contributed by atoms with van der Waals surface area (Å²) in [6.07, 6.45) is 3.49. The van der Waals surface area contributed by atoms with Crippen LogP contribution in [0.1, 0.15) is 22.8 Å². The van der Waals surface area contributed by atoms with Crippen LogP contribution in [0.25, 0.3) is 16.6 Å². The first kappa shape index (κ1) is 18.4. The van der Waals surface area contributed by atoms with Gasteiger partial charge in [0.1, 0.15) is 17.2 Å². The fraction of sp³-hybridized carbons (Fsp3) is 0.300. The molecule has 10 heteroatoms. The SMILES string of the molecule is CNc1cc2nc3c(cnn13)C(=O)N[C@H](C)COCc1cc(c3cn(C)nc3c1)N2. The van der Waals surface area contributed by atoms with Crippen LogP contribution in [0.2, 0.25) is 0 Å². The monoisotopic (exact) mass is 406 g/mol. The third kappa shape index (κ3) is 3.11. The summed E-state index contributed by atoms with van der Waals surface area (Å²) in [4.78, 5) is 17.5. The molecule has 0 radical (unpaired) electrons. The molecule has 0 saturated heterocycles. The van der Waals surface area contributed by atoms with Crippen molar-refractivity contribution in [2.75, 3.05) is 24.3 Å². The highest BCUT2D eigenvalue weighted by Crippen LogP contribution is 2.29. The van der Waals surface area contributed by atoms with Crippen LogP contribution < -0.4 is 16.0 Å². The summed E-state index contributed by atoms with van der Waals surface area (Å²) >= 11 is 0. The number of amides is 1. The Morgan fingerprint density at radius 2 is 2.17 bits per heavy atom. The van der Waals surface area contributed by atoms with Gasteiger partial charge in [-0.1, -0.05) is 0 Å². The predicted octanol–water partition coefficient (Wildman–Crippen LogP) is 2.05. The highest BCUT2D eigenvalue weighted by Gasteiger charge is 2.20. The van der Waals surface area contributed by atoms with Crippen molar-refractivity contribution in [3.8, 4) is 0 Å². The molecule has 0 unspecified atom stereocenters. The molecule has 4 bridgehead atoms. The molecule has 0 saturated carbocycles. The highest BCUT2D eigenvalue weighted by atomic mass is 16.5. The minimum absolute atomic E-state index is 0.168. The van der Waals surface area contributed by atoms with E-state index in [9.17, 15) is 4.79 Å². The van der Waals surface area contributed by atoms with Crippen molar-refractivity contribution in [1.29, 1.82) is 0 Å². The highest BCUT2D eigenvalue weighted by molar-refractivity contribution is 6.00. The molecule has 1 aliphatic rings. The van der Waals surface area contributed by atoms with Crippen LogP contribution in [0.15, 0.2) is 30.6 Å². The molecule has 3 N–H and O–H groups in total. The Bertz CT molecular complexity index is 1280. The number of nitrogens with zero attached hydrogens (tertiary/aromatic N) is 5. The van der Waals surface area contributed by atoms with E-state index in [-0.39, 0.29) is 11.9 Å². The summed E-state index contributed by atoms with van der Waals surface area (Å²) in [5, 5.41) is 19.3. The number of hydrogen-bond donors (Lipinski definition) is 3. The predicted molar refractivity (Wildman–Crippen MR) is 113 cm³/mol. The minimum atomic E-state index is -0.238. The molecule has 0 spiro atoms. The van der Waals surface area contributed by atoms with Crippen molar-refractivity contribution in [2.24, 2.45) is 7.05 Å². The molecule has 0 fully saturated rings. The number of carbonyl (C=O) groups excluding carboxylic acids is 1. The van der Waals surface area contributed by atoms with E-state index in [0.717, 1.165) is 22.2 Å². The van der Waals surface area contributed by atoms with Crippen molar-refractivity contribution >= 4 is 39.8 Å². The van der Waals surface area contributed by atoms with Gasteiger partial charge in [-0.3, -0.25) is 9.48 Å². The van der Waals surface area contributed by atoms with Gasteiger partial charge in [-0.2, -0.15) is 14.7 Å². The van der Waals surface area contributed by atoms with Gasteiger partial charge in [-0.15, -0.1) is 0 Å². The second-order valence-corrected chi connectivity index (χ2v) is 7.46. The van der Waals surface area contributed by atoms with Gasteiger partial charge in [0.2, 0.25) is 0 Å². The summed E-state index contributed by atoms with van der Waals surface area (Å²) in [5.74, 6) is 1.07. The van der Waals surface area contributed by atoms with Crippen LogP contribution in [-0.2, 0) is 18.4 Å². The van der Waals surface area contributed by atoms with Gasteiger partial charge in [0.05, 0.1) is 30.6 Å². The van der Waals surface area contributed by atoms with Gasteiger partial charge in [-0.05, 0) is 24.6 Å². The van der Waals surface area contributed by atoms with E-state index in [1.807, 2.05) is 38.4 Å². The maximum absolute atomic E-state index is 12.8. The molecule has 1 aromatic carbocycles. The molecule has 4 heterocycles. The molecule has 154 valence electrons. The second-order valence-electron chi connectivity index (χ2n) is 7.46. The summed E-state index contributed by atoms with van der Waals surface area (Å²) in [6, 6.07) is 5.74. The number of rotatable bonds is 1. The van der Waals surface area contributed by atoms with Gasteiger partial charge < -0.3 is 20.7 Å². The van der Waals surface area contributed by atoms with Crippen LogP contribution >= 0.6 is 0 Å². The van der Waals surface area contributed by atoms with Crippen molar-refractivity contribution in [3.63, 3.8) is 0 Å². The maximum atomic E-state index is 12.8. The topological polar surface area (TPSA) is 110 Å². The van der Waals surface area contributed by atoms with E-state index >= 15 is 0 Å². The Hall–Kier alpha value is -3.66. The zero-order valence-corrected chi connectivity index (χ0v) is 16.9. The quantitative estimate of drug-likeness (QED) is 0.444. The molecule has 1 aliphatic heterocycles. The second kappa shape index (κ2) is 6.99. The van der Waals surface area contributed by atoms with E-state index in [1.54, 1.807) is 16.2 Å². The van der Waals surface area contributed by atoms with Gasteiger partial charge in [0.15, 0.2) is 5.65 Å². The Kier molecular flexibility index (Phi) is 4.28. The van der Waals surface area contributed by atoms with Crippen molar-refractivity contribution < 1.29 is 9.53 Å². The van der Waals surface area contributed by atoms with E-state index < -0.39 is 0 Å². The zero-order valence-electron chi connectivity index (χ0n) is 16.9. The molecule has 1 atom stereocenters. The van der Waals surface area contributed by atoms with Crippen LogP contribution in [0.5, 0.6) is 0 Å². The number of aromatic nitrogens is 5. The Balaban J connectivity index is 1.72. The van der Waals surface area contributed by atoms with Crippen LogP contribution in [0, 0.1) is 0 Å². The van der Waals surface area contributed by atoms with Crippen molar-refractivity contribution in [1.82, 2.24) is 29.7 Å². The molecule has 10 nitrogen and oxygen atoms in total. The zero-order chi connectivity index (χ0) is 20.8. The number of hydrogen-bond acceptors (Lipinski definition) is 7. The third-order valence-electron chi connectivity index (χ3n) is 5.05. The molecule has 0 aliphatic carbocycles. The van der Waals surface area contributed by atoms with E-state index in [2.05, 4.69) is 31.1 Å². The number of fused-ring (bicyclic) bond motifs is 5. The lowest BCUT2D eigenvalue weighted by atomic mass is 10.1. The summed E-state index contributed by atoms with van der Waals surface area (Å²) in [7, 11) is 3.70. The average Bonchev–Trinajstić information content (AvgIpc) is 3.29. The lowest BCUT2D eigenvalue weighted by molar-refractivity contribution is 0.0822. The number of carbonyl (C=O) groups is 1. The van der Waals surface area contributed by atoms with E-state index in [4.69, 9.17) is 4.74 Å². The fourth-order valence-electron chi connectivity index (χ4n) is 3.69. The smallest absolute Gasteiger partial charge is 0.257 e. The summed E-state index contributed by atoms with van der Waals surface area (Å²) in [6.45, 7) is 2.70. The minimum Gasteiger partial charge on any atom is -0.375 e. The van der Waals surface area contributed by atoms with Crippen LogP contribution in [0.4, 0.5) is 17.3 Å². The molecule has 4 aromatic rings. The van der Waals surface area contributed by atoms with Crippen LogP contribution in [0.3, 0.4) is 0 Å². The molecule has 30 heavy (non-hydrogen) atoms. The van der Waals surface area contributed by atoms with Crippen molar-refractivity contribution in [2.45, 2.75) is 19.6 Å². The Labute approximate surface area is 172 Å². The first-order valence-corrected chi connectivity index (χ1v) is 9.70. The number of ether oxygens (including phenoxy) is 1. The molecular weight excluding hydrogens is 384 g/mol. The number of anilines is 3. The van der Waals surface area contributed by atoms with Gasteiger partial charge in [0.25, 0.3) is 5.91 Å². The lowest BCUT2D eigenvalue weighted by Crippen LogP contribution is -2.35. The normalized spacial score (nSPS) is 17.0. The molecule has 5 rings (SSSR count). The van der Waals surface area contributed by atoms with Crippen molar-refractivity contribution in [3.05, 3.63) is 41.7 Å². The fourth-order valence-corrected chi connectivity index (χ4v) is 3.69. The molecule has 3 aromatic heterocycles. The summed E-state index contributed by atoms with van der Waals surface area (Å²) < 4.78 is 9.25. The van der Waals surface area contributed by atoms with Gasteiger partial charge in [0, 0.05) is 37.8 Å². The Morgan fingerprint density at radius 3 is 3.00 bits per heavy atom. The van der Waals surface area contributed by atoms with Gasteiger partial charge >= 0.3 is 0 Å². The molecule has 1 amide bonds. The summed E-state index contributed by atoms with van der Waals surface area (Å²) in [5.41, 5.74) is 3.59. The standard InChI is InChI=1S/C20H22N8O2/c1-11-9-30-10-12-4-15(14-8-27(3)26-16(14)5-12)24-17-6-18(21-2)28-19(25-17)13(7-22-28)20(29)23-11/h4-8,11,21H,9-10H2,1-3H3,(H,23,29)(H,24,25)/t11-/m1/s1. The first-order chi connectivity index (χ1) is 14.5. The average molecular weight is 406 g/mol.